The smallest absolute Gasteiger partial charge is 0.128 e. The molecule has 8 heteroatoms. The van der Waals surface area contributed by atoms with Crippen LogP contribution < -0.4 is 10.6 Å². The van der Waals surface area contributed by atoms with Gasteiger partial charge in [-0.2, -0.15) is 15.5 Å². The average molecular weight is 439 g/mol. The molecule has 1 aliphatic carbocycles. The zero-order valence-electron chi connectivity index (χ0n) is 18.8. The van der Waals surface area contributed by atoms with E-state index in [1.165, 1.54) is 0 Å². The average Bonchev–Trinajstić information content (AvgIpc) is 3.55. The number of anilines is 1. The summed E-state index contributed by atoms with van der Waals surface area (Å²) in [5, 5.41) is 18.4. The number of hydrogen-bond donors (Lipinski definition) is 1. The van der Waals surface area contributed by atoms with Gasteiger partial charge in [0.25, 0.3) is 0 Å². The number of aromatic nitrogens is 5. The molecule has 166 valence electrons. The number of rotatable bonds is 3. The summed E-state index contributed by atoms with van der Waals surface area (Å²) in [6.07, 6.45) is 11.4. The minimum atomic E-state index is -0.0208. The minimum Gasteiger partial charge on any atom is -0.356 e. The number of nitriles is 1. The van der Waals surface area contributed by atoms with Gasteiger partial charge in [0.1, 0.15) is 11.9 Å². The Morgan fingerprint density at radius 1 is 1.03 bits per heavy atom. The van der Waals surface area contributed by atoms with Crippen molar-refractivity contribution in [1.82, 2.24) is 24.4 Å². The third kappa shape index (κ3) is 3.36. The summed E-state index contributed by atoms with van der Waals surface area (Å²) in [4.78, 5) is 7.20. The Labute approximate surface area is 192 Å². The first-order chi connectivity index (χ1) is 15.9. The number of pyridine rings is 2. The third-order valence-electron chi connectivity index (χ3n) is 7.19. The third-order valence-corrected chi connectivity index (χ3v) is 7.19. The SMILES string of the molecule is Cn1cc(-c2cc(-c3ccc(N4C[C@@H]5C[C@@](C)(N)C[C@@H]5C4)nc3)c3c(C#N)cnn3c2)cn1. The van der Waals surface area contributed by atoms with E-state index in [4.69, 9.17) is 10.7 Å². The van der Waals surface area contributed by atoms with Crippen LogP contribution in [0.2, 0.25) is 0 Å². The van der Waals surface area contributed by atoms with Crippen molar-refractivity contribution in [2.75, 3.05) is 18.0 Å². The number of hydrogen-bond acceptors (Lipinski definition) is 6. The molecule has 6 rings (SSSR count). The van der Waals surface area contributed by atoms with E-state index in [2.05, 4.69) is 46.3 Å². The van der Waals surface area contributed by atoms with Gasteiger partial charge in [-0.3, -0.25) is 4.68 Å². The molecular weight excluding hydrogens is 412 g/mol. The summed E-state index contributed by atoms with van der Waals surface area (Å²) < 4.78 is 3.55. The summed E-state index contributed by atoms with van der Waals surface area (Å²) in [5.74, 6) is 2.31. The van der Waals surface area contributed by atoms with E-state index in [1.54, 1.807) is 15.4 Å². The van der Waals surface area contributed by atoms with E-state index in [1.807, 2.05) is 31.8 Å². The lowest BCUT2D eigenvalue weighted by Gasteiger charge is -2.23. The highest BCUT2D eigenvalue weighted by Gasteiger charge is 2.45. The Bertz CT molecular complexity index is 1370. The van der Waals surface area contributed by atoms with Crippen LogP contribution in [-0.2, 0) is 7.05 Å². The fraction of sp³-hybridized carbons (Fsp3) is 0.360. The van der Waals surface area contributed by atoms with Crippen LogP contribution >= 0.6 is 0 Å². The van der Waals surface area contributed by atoms with Gasteiger partial charge in [0.2, 0.25) is 0 Å². The first kappa shape index (κ1) is 19.9. The Morgan fingerprint density at radius 2 is 1.82 bits per heavy atom. The van der Waals surface area contributed by atoms with Crippen LogP contribution in [0.3, 0.4) is 0 Å². The number of aryl methyl sites for hydroxylation is 1. The molecule has 0 radical (unpaired) electrons. The van der Waals surface area contributed by atoms with Crippen molar-refractivity contribution in [3.05, 3.63) is 54.7 Å². The molecule has 2 fully saturated rings. The molecule has 1 saturated heterocycles. The van der Waals surface area contributed by atoms with E-state index in [-0.39, 0.29) is 5.54 Å². The topological polar surface area (TPSA) is 101 Å². The van der Waals surface area contributed by atoms with Crippen molar-refractivity contribution >= 4 is 11.3 Å². The van der Waals surface area contributed by atoms with Gasteiger partial charge in [-0.1, -0.05) is 0 Å². The molecule has 5 heterocycles. The molecule has 0 bridgehead atoms. The molecule has 2 aliphatic rings. The molecule has 4 aromatic heterocycles. The highest BCUT2D eigenvalue weighted by Crippen LogP contribution is 2.43. The van der Waals surface area contributed by atoms with Gasteiger partial charge in [0, 0.05) is 66.5 Å². The molecule has 0 aromatic carbocycles. The molecule has 0 spiro atoms. The summed E-state index contributed by atoms with van der Waals surface area (Å²) in [5.41, 5.74) is 11.6. The quantitative estimate of drug-likeness (QED) is 0.527. The zero-order valence-corrected chi connectivity index (χ0v) is 18.8. The molecule has 2 N–H and O–H groups in total. The van der Waals surface area contributed by atoms with Gasteiger partial charge in [-0.05, 0) is 49.8 Å². The normalized spacial score (nSPS) is 24.4. The Balaban J connectivity index is 1.36. The van der Waals surface area contributed by atoms with Gasteiger partial charge in [0.05, 0.1) is 23.5 Å². The van der Waals surface area contributed by atoms with E-state index in [0.29, 0.717) is 17.4 Å². The van der Waals surface area contributed by atoms with Crippen LogP contribution in [0, 0.1) is 23.2 Å². The molecule has 4 aromatic rings. The maximum atomic E-state index is 9.64. The fourth-order valence-corrected chi connectivity index (χ4v) is 5.75. The van der Waals surface area contributed by atoms with E-state index >= 15 is 0 Å². The van der Waals surface area contributed by atoms with Gasteiger partial charge >= 0.3 is 0 Å². The molecular formula is C25H26N8. The van der Waals surface area contributed by atoms with Crippen LogP contribution in [0.4, 0.5) is 5.82 Å². The van der Waals surface area contributed by atoms with E-state index in [9.17, 15) is 5.26 Å². The Morgan fingerprint density at radius 3 is 2.45 bits per heavy atom. The maximum Gasteiger partial charge on any atom is 0.128 e. The van der Waals surface area contributed by atoms with Crippen molar-refractivity contribution in [2.24, 2.45) is 24.6 Å². The van der Waals surface area contributed by atoms with Crippen molar-refractivity contribution in [1.29, 1.82) is 5.26 Å². The zero-order chi connectivity index (χ0) is 22.7. The Kier molecular flexibility index (Phi) is 4.32. The maximum absolute atomic E-state index is 9.64. The summed E-state index contributed by atoms with van der Waals surface area (Å²) in [6, 6.07) is 8.55. The highest BCUT2D eigenvalue weighted by atomic mass is 15.2. The van der Waals surface area contributed by atoms with Gasteiger partial charge in [-0.15, -0.1) is 0 Å². The van der Waals surface area contributed by atoms with Crippen LogP contribution in [0.15, 0.2) is 49.2 Å². The summed E-state index contributed by atoms with van der Waals surface area (Å²) in [6.45, 7) is 4.21. The first-order valence-corrected chi connectivity index (χ1v) is 11.3. The predicted octanol–water partition coefficient (Wildman–Crippen LogP) is 3.23. The van der Waals surface area contributed by atoms with Crippen molar-refractivity contribution in [2.45, 2.75) is 25.3 Å². The van der Waals surface area contributed by atoms with Crippen molar-refractivity contribution in [3.63, 3.8) is 0 Å². The van der Waals surface area contributed by atoms with Crippen LogP contribution in [0.25, 0.3) is 27.8 Å². The molecule has 8 nitrogen and oxygen atoms in total. The summed E-state index contributed by atoms with van der Waals surface area (Å²) in [7, 11) is 1.90. The lowest BCUT2D eigenvalue weighted by Crippen LogP contribution is -2.35. The van der Waals surface area contributed by atoms with Gasteiger partial charge in [-0.25, -0.2) is 9.50 Å². The second-order valence-electron chi connectivity index (χ2n) is 9.90. The molecule has 1 saturated carbocycles. The second kappa shape index (κ2) is 7.15. The Hall–Kier alpha value is -3.70. The highest BCUT2D eigenvalue weighted by molar-refractivity contribution is 5.87. The standard InChI is InChI=1S/C25H26N8/c1-25(27)6-18-13-32(14-19(18)7-25)23-4-3-16(9-28-23)22-5-17(21-11-29-31(2)12-21)15-33-24(22)20(8-26)10-30-33/h3-5,9-12,15,18-19H,6-7,13-14,27H2,1-2H3/t18-,19+,25+. The van der Waals surface area contributed by atoms with Gasteiger partial charge in [0.15, 0.2) is 0 Å². The molecule has 0 amide bonds. The lowest BCUT2D eigenvalue weighted by molar-refractivity contribution is 0.449. The number of nitrogens with zero attached hydrogens (tertiary/aromatic N) is 7. The molecule has 0 unspecified atom stereocenters. The number of nitrogens with two attached hydrogens (primary N) is 1. The number of fused-ring (bicyclic) bond motifs is 2. The second-order valence-corrected chi connectivity index (χ2v) is 9.90. The monoisotopic (exact) mass is 438 g/mol. The van der Waals surface area contributed by atoms with Crippen molar-refractivity contribution in [3.8, 4) is 28.3 Å². The van der Waals surface area contributed by atoms with E-state index in [0.717, 1.165) is 59.5 Å². The minimum absolute atomic E-state index is 0.0208. The van der Waals surface area contributed by atoms with Crippen LogP contribution in [0.1, 0.15) is 25.3 Å². The molecule has 3 atom stereocenters. The summed E-state index contributed by atoms with van der Waals surface area (Å²) >= 11 is 0. The van der Waals surface area contributed by atoms with Crippen LogP contribution in [0.5, 0.6) is 0 Å². The van der Waals surface area contributed by atoms with Gasteiger partial charge < -0.3 is 10.6 Å². The van der Waals surface area contributed by atoms with Crippen molar-refractivity contribution < 1.29 is 0 Å². The molecule has 1 aliphatic heterocycles. The first-order valence-electron chi connectivity index (χ1n) is 11.3. The fourth-order valence-electron chi connectivity index (χ4n) is 5.75. The lowest BCUT2D eigenvalue weighted by atomic mass is 10.00. The largest absolute Gasteiger partial charge is 0.356 e. The van der Waals surface area contributed by atoms with E-state index < -0.39 is 0 Å². The van der Waals surface area contributed by atoms with Crippen LogP contribution in [-0.4, -0.2) is 43.0 Å². The molecule has 33 heavy (non-hydrogen) atoms. The predicted molar refractivity (Wildman–Crippen MR) is 126 cm³/mol.